The molecule has 1 heterocycles. The Hall–Kier alpha value is -2.41. The molecule has 0 aliphatic carbocycles. The van der Waals surface area contributed by atoms with E-state index in [1.165, 1.54) is 24.3 Å². The Labute approximate surface area is 146 Å². The molecule has 7 heteroatoms. The summed E-state index contributed by atoms with van der Waals surface area (Å²) in [6.45, 7) is 7.69. The third-order valence-corrected chi connectivity index (χ3v) is 3.75. The molecule has 1 aromatic carbocycles. The molecular weight excluding hydrogens is 325 g/mol. The second-order valence-corrected chi connectivity index (χ2v) is 7.19. The largest absolute Gasteiger partial charge is 0.443 e. The highest BCUT2D eigenvalue weighted by molar-refractivity contribution is 5.73. The number of hydrogen-bond donors (Lipinski definition) is 3. The summed E-state index contributed by atoms with van der Waals surface area (Å²) in [5, 5.41) is 15.6. The molecule has 0 saturated carbocycles. The Morgan fingerprint density at radius 3 is 2.40 bits per heavy atom. The van der Waals surface area contributed by atoms with Gasteiger partial charge in [0, 0.05) is 5.41 Å². The van der Waals surface area contributed by atoms with E-state index in [4.69, 9.17) is 4.42 Å². The smallest absolute Gasteiger partial charge is 0.315 e. The summed E-state index contributed by atoms with van der Waals surface area (Å²) in [7, 11) is 0. The first-order chi connectivity index (χ1) is 11.6. The van der Waals surface area contributed by atoms with Crippen LogP contribution in [0.25, 0.3) is 0 Å². The number of benzene rings is 1. The number of aromatic nitrogens is 1. The fourth-order valence-electron chi connectivity index (χ4n) is 2.12. The van der Waals surface area contributed by atoms with Crippen molar-refractivity contribution >= 4 is 6.03 Å². The fraction of sp³-hybridized carbons (Fsp3) is 0.444. The van der Waals surface area contributed by atoms with E-state index in [0.29, 0.717) is 11.5 Å². The average Bonchev–Trinajstić information content (AvgIpc) is 3.01. The Morgan fingerprint density at radius 2 is 1.84 bits per heavy atom. The predicted octanol–water partition coefficient (Wildman–Crippen LogP) is 2.82. The van der Waals surface area contributed by atoms with Crippen molar-refractivity contribution in [1.29, 1.82) is 0 Å². The van der Waals surface area contributed by atoms with E-state index in [1.807, 2.05) is 20.8 Å². The summed E-state index contributed by atoms with van der Waals surface area (Å²) < 4.78 is 18.5. The first-order valence-electron chi connectivity index (χ1n) is 8.03. The molecule has 1 aromatic heterocycles. The van der Waals surface area contributed by atoms with Crippen LogP contribution in [-0.4, -0.2) is 22.7 Å². The van der Waals surface area contributed by atoms with Crippen molar-refractivity contribution in [3.8, 4) is 0 Å². The predicted molar refractivity (Wildman–Crippen MR) is 91.4 cm³/mol. The maximum Gasteiger partial charge on any atom is 0.315 e. The number of carbonyl (C=O) groups excluding carboxylic acids is 1. The second-order valence-electron chi connectivity index (χ2n) is 7.19. The number of nitrogens with one attached hydrogen (secondary N) is 2. The molecule has 0 aliphatic heterocycles. The maximum atomic E-state index is 12.9. The second kappa shape index (κ2) is 7.23. The number of aliphatic hydroxyl groups is 1. The number of rotatable bonds is 5. The van der Waals surface area contributed by atoms with Crippen LogP contribution in [0, 0.1) is 5.82 Å². The van der Waals surface area contributed by atoms with Crippen LogP contribution in [0.5, 0.6) is 0 Å². The van der Waals surface area contributed by atoms with E-state index in [2.05, 4.69) is 15.6 Å². The standard InChI is InChI=1S/C18H24FN3O3/c1-17(2,3)14-9-20-15(25-14)10-21-16(23)22-11-18(4,24)12-5-7-13(19)8-6-12/h5-9,24H,10-11H2,1-4H3,(H2,21,22,23)/t18-/m0/s1. The summed E-state index contributed by atoms with van der Waals surface area (Å²) in [6, 6.07) is 5.03. The van der Waals surface area contributed by atoms with E-state index in [1.54, 1.807) is 13.1 Å². The molecule has 2 rings (SSSR count). The van der Waals surface area contributed by atoms with Crippen LogP contribution in [0.15, 0.2) is 34.9 Å². The van der Waals surface area contributed by atoms with Gasteiger partial charge in [-0.05, 0) is 24.6 Å². The van der Waals surface area contributed by atoms with Crippen LogP contribution < -0.4 is 10.6 Å². The molecule has 2 amide bonds. The van der Waals surface area contributed by atoms with Crippen molar-refractivity contribution in [3.63, 3.8) is 0 Å². The summed E-state index contributed by atoms with van der Waals surface area (Å²) in [5.74, 6) is 0.764. The van der Waals surface area contributed by atoms with Gasteiger partial charge < -0.3 is 20.2 Å². The first-order valence-corrected chi connectivity index (χ1v) is 8.03. The molecule has 0 unspecified atom stereocenters. The quantitative estimate of drug-likeness (QED) is 0.775. The van der Waals surface area contributed by atoms with Gasteiger partial charge in [0.25, 0.3) is 0 Å². The minimum absolute atomic E-state index is 0.0245. The molecule has 0 radical (unpaired) electrons. The molecule has 1 atom stereocenters. The monoisotopic (exact) mass is 349 g/mol. The Kier molecular flexibility index (Phi) is 5.47. The zero-order valence-corrected chi connectivity index (χ0v) is 14.9. The lowest BCUT2D eigenvalue weighted by molar-refractivity contribution is 0.0593. The highest BCUT2D eigenvalue weighted by Crippen LogP contribution is 2.22. The lowest BCUT2D eigenvalue weighted by Gasteiger charge is -2.24. The number of hydrogen-bond acceptors (Lipinski definition) is 4. The number of amides is 2. The molecular formula is C18H24FN3O3. The van der Waals surface area contributed by atoms with Crippen LogP contribution in [0.2, 0.25) is 0 Å². The van der Waals surface area contributed by atoms with Crippen molar-refractivity contribution in [2.45, 2.75) is 45.3 Å². The number of halogens is 1. The van der Waals surface area contributed by atoms with Gasteiger partial charge >= 0.3 is 6.03 Å². The number of urea groups is 1. The van der Waals surface area contributed by atoms with Gasteiger partial charge in [0.15, 0.2) is 0 Å². The maximum absolute atomic E-state index is 12.9. The van der Waals surface area contributed by atoms with E-state index < -0.39 is 11.6 Å². The van der Waals surface area contributed by atoms with Crippen molar-refractivity contribution in [2.75, 3.05) is 6.54 Å². The van der Waals surface area contributed by atoms with Gasteiger partial charge in [-0.3, -0.25) is 0 Å². The minimum Gasteiger partial charge on any atom is -0.443 e. The SMILES string of the molecule is CC(C)(C)c1cnc(CNC(=O)NC[C@](C)(O)c2ccc(F)cc2)o1. The summed E-state index contributed by atoms with van der Waals surface area (Å²) >= 11 is 0. The van der Waals surface area contributed by atoms with Gasteiger partial charge in [-0.25, -0.2) is 14.2 Å². The topological polar surface area (TPSA) is 87.4 Å². The third-order valence-electron chi connectivity index (χ3n) is 3.75. The molecule has 3 N–H and O–H groups in total. The van der Waals surface area contributed by atoms with Gasteiger partial charge in [-0.2, -0.15) is 0 Å². The van der Waals surface area contributed by atoms with Crippen LogP contribution in [0.4, 0.5) is 9.18 Å². The van der Waals surface area contributed by atoms with Gasteiger partial charge in [0.2, 0.25) is 5.89 Å². The van der Waals surface area contributed by atoms with Crippen molar-refractivity contribution in [1.82, 2.24) is 15.6 Å². The zero-order chi connectivity index (χ0) is 18.7. The number of carbonyl (C=O) groups is 1. The molecule has 0 saturated heterocycles. The highest BCUT2D eigenvalue weighted by Gasteiger charge is 2.24. The lowest BCUT2D eigenvalue weighted by Crippen LogP contribution is -2.43. The fourth-order valence-corrected chi connectivity index (χ4v) is 2.12. The molecule has 0 fully saturated rings. The van der Waals surface area contributed by atoms with Gasteiger partial charge in [-0.1, -0.05) is 32.9 Å². The number of nitrogens with zero attached hydrogens (tertiary/aromatic N) is 1. The molecule has 136 valence electrons. The van der Waals surface area contributed by atoms with Gasteiger partial charge in [0.1, 0.15) is 17.2 Å². The lowest BCUT2D eigenvalue weighted by atomic mass is 9.94. The van der Waals surface area contributed by atoms with Crippen molar-refractivity contribution < 1.29 is 18.7 Å². The minimum atomic E-state index is -1.31. The van der Waals surface area contributed by atoms with Crippen molar-refractivity contribution in [2.24, 2.45) is 0 Å². The average molecular weight is 349 g/mol. The third kappa shape index (κ3) is 5.29. The van der Waals surface area contributed by atoms with Crippen LogP contribution in [0.1, 0.15) is 44.9 Å². The summed E-state index contributed by atoms with van der Waals surface area (Å²) in [6.07, 6.45) is 1.65. The first kappa shape index (κ1) is 18.9. The molecule has 25 heavy (non-hydrogen) atoms. The molecule has 2 aromatic rings. The Balaban J connectivity index is 1.84. The van der Waals surface area contributed by atoms with Crippen LogP contribution in [0.3, 0.4) is 0 Å². The van der Waals surface area contributed by atoms with Gasteiger partial charge in [0.05, 0.1) is 19.3 Å². The zero-order valence-electron chi connectivity index (χ0n) is 14.9. The van der Waals surface area contributed by atoms with E-state index in [9.17, 15) is 14.3 Å². The summed E-state index contributed by atoms with van der Waals surface area (Å²) in [5.41, 5.74) is -0.953. The molecule has 0 spiro atoms. The highest BCUT2D eigenvalue weighted by atomic mass is 19.1. The van der Waals surface area contributed by atoms with Gasteiger partial charge in [-0.15, -0.1) is 0 Å². The molecule has 6 nitrogen and oxygen atoms in total. The molecule has 0 aliphatic rings. The van der Waals surface area contributed by atoms with E-state index in [-0.39, 0.29) is 24.3 Å². The van der Waals surface area contributed by atoms with Crippen molar-refractivity contribution in [3.05, 3.63) is 53.5 Å². The van der Waals surface area contributed by atoms with E-state index in [0.717, 1.165) is 5.76 Å². The normalized spacial score (nSPS) is 14.0. The Bertz CT molecular complexity index is 718. The van der Waals surface area contributed by atoms with Crippen LogP contribution >= 0.6 is 0 Å². The van der Waals surface area contributed by atoms with E-state index >= 15 is 0 Å². The van der Waals surface area contributed by atoms with Crippen LogP contribution in [-0.2, 0) is 17.6 Å². The number of oxazole rings is 1. The Morgan fingerprint density at radius 1 is 1.20 bits per heavy atom. The molecule has 0 bridgehead atoms. The summed E-state index contributed by atoms with van der Waals surface area (Å²) in [4.78, 5) is 16.0.